The number of ether oxygens (including phenoxy) is 2. The molecule has 0 aliphatic rings. The molecule has 0 fully saturated rings. The normalized spacial score (nSPS) is 9.55. The first-order valence-electron chi connectivity index (χ1n) is 4.18. The minimum Gasteiger partial charge on any atom is -0.466 e. The maximum atomic E-state index is 5.23. The summed E-state index contributed by atoms with van der Waals surface area (Å²) in [6.07, 6.45) is 1.98. The first-order chi connectivity index (χ1) is 5.20. The molecule has 0 rings (SSSR count). The average molecular weight is 158 g/mol. The Morgan fingerprint density at radius 2 is 1.64 bits per heavy atom. The SMILES string of the molecule is CCOC(=CC(C)C)OCC. The summed E-state index contributed by atoms with van der Waals surface area (Å²) in [5.41, 5.74) is 0. The predicted octanol–water partition coefficient (Wildman–Crippen LogP) is 2.56. The van der Waals surface area contributed by atoms with Crippen LogP contribution in [0.3, 0.4) is 0 Å². The summed E-state index contributed by atoms with van der Waals surface area (Å²) in [4.78, 5) is 0. The summed E-state index contributed by atoms with van der Waals surface area (Å²) in [7, 11) is 0. The van der Waals surface area contributed by atoms with Crippen LogP contribution < -0.4 is 0 Å². The molecule has 2 nitrogen and oxygen atoms in total. The largest absolute Gasteiger partial charge is 0.466 e. The molecule has 0 radical (unpaired) electrons. The van der Waals surface area contributed by atoms with Gasteiger partial charge in [0.2, 0.25) is 0 Å². The molecule has 0 saturated heterocycles. The van der Waals surface area contributed by atoms with Crippen LogP contribution >= 0.6 is 0 Å². The van der Waals surface area contributed by atoms with Gasteiger partial charge in [-0.1, -0.05) is 13.8 Å². The monoisotopic (exact) mass is 158 g/mol. The Morgan fingerprint density at radius 3 is 1.91 bits per heavy atom. The minimum atomic E-state index is 0.475. The molecule has 2 heteroatoms. The molecule has 0 aliphatic heterocycles. The zero-order valence-corrected chi connectivity index (χ0v) is 7.89. The molecule has 0 saturated carbocycles. The average Bonchev–Trinajstić information content (AvgIpc) is 1.87. The Labute approximate surface area is 69.2 Å². The third kappa shape index (κ3) is 5.77. The van der Waals surface area contributed by atoms with Gasteiger partial charge in [-0.3, -0.25) is 0 Å². The van der Waals surface area contributed by atoms with E-state index in [0.29, 0.717) is 25.1 Å². The van der Waals surface area contributed by atoms with Crippen molar-refractivity contribution in [3.63, 3.8) is 0 Å². The molecule has 0 unspecified atom stereocenters. The second-order valence-electron chi connectivity index (χ2n) is 2.60. The van der Waals surface area contributed by atoms with Gasteiger partial charge in [0, 0.05) is 0 Å². The van der Waals surface area contributed by atoms with Crippen molar-refractivity contribution < 1.29 is 9.47 Å². The van der Waals surface area contributed by atoms with Gasteiger partial charge >= 0.3 is 0 Å². The van der Waals surface area contributed by atoms with E-state index >= 15 is 0 Å². The van der Waals surface area contributed by atoms with Crippen molar-refractivity contribution in [3.8, 4) is 0 Å². The first kappa shape index (κ1) is 10.3. The third-order valence-corrected chi connectivity index (χ3v) is 1.04. The van der Waals surface area contributed by atoms with Crippen molar-refractivity contribution in [2.75, 3.05) is 13.2 Å². The Balaban J connectivity index is 3.86. The second-order valence-corrected chi connectivity index (χ2v) is 2.60. The van der Waals surface area contributed by atoms with Crippen molar-refractivity contribution in [2.24, 2.45) is 5.92 Å². The Hall–Kier alpha value is -0.660. The zero-order chi connectivity index (χ0) is 8.69. The van der Waals surface area contributed by atoms with Crippen molar-refractivity contribution in [2.45, 2.75) is 27.7 Å². The summed E-state index contributed by atoms with van der Waals surface area (Å²) < 4.78 is 10.5. The van der Waals surface area contributed by atoms with Crippen LogP contribution in [0, 0.1) is 5.92 Å². The predicted molar refractivity (Wildman–Crippen MR) is 46.2 cm³/mol. The van der Waals surface area contributed by atoms with Crippen molar-refractivity contribution in [3.05, 3.63) is 12.0 Å². The Kier molecular flexibility index (Phi) is 5.71. The maximum absolute atomic E-state index is 5.23. The molecule has 0 aliphatic carbocycles. The van der Waals surface area contributed by atoms with Gasteiger partial charge in [-0.25, -0.2) is 0 Å². The fourth-order valence-corrected chi connectivity index (χ4v) is 0.695. The number of rotatable bonds is 5. The van der Waals surface area contributed by atoms with Crippen molar-refractivity contribution in [1.82, 2.24) is 0 Å². The van der Waals surface area contributed by atoms with Gasteiger partial charge in [0.1, 0.15) is 0 Å². The summed E-state index contributed by atoms with van der Waals surface area (Å²) in [5.74, 6) is 1.13. The van der Waals surface area contributed by atoms with Gasteiger partial charge in [0.15, 0.2) is 0 Å². The molecular formula is C9H18O2. The van der Waals surface area contributed by atoms with Gasteiger partial charge in [-0.2, -0.15) is 0 Å². The van der Waals surface area contributed by atoms with Crippen molar-refractivity contribution >= 4 is 0 Å². The van der Waals surface area contributed by atoms with Crippen LogP contribution in [-0.4, -0.2) is 13.2 Å². The lowest BCUT2D eigenvalue weighted by atomic mass is 10.2. The zero-order valence-electron chi connectivity index (χ0n) is 7.89. The summed E-state index contributed by atoms with van der Waals surface area (Å²) >= 11 is 0. The van der Waals surface area contributed by atoms with Crippen LogP contribution in [0.4, 0.5) is 0 Å². The van der Waals surface area contributed by atoms with Crippen LogP contribution in [0.25, 0.3) is 0 Å². The topological polar surface area (TPSA) is 18.5 Å². The number of hydrogen-bond donors (Lipinski definition) is 0. The van der Waals surface area contributed by atoms with Crippen LogP contribution in [0.2, 0.25) is 0 Å². The molecule has 0 bridgehead atoms. The molecule has 0 atom stereocenters. The van der Waals surface area contributed by atoms with Crippen LogP contribution in [-0.2, 0) is 9.47 Å². The van der Waals surface area contributed by atoms with E-state index in [4.69, 9.17) is 9.47 Å². The molecule has 66 valence electrons. The first-order valence-corrected chi connectivity index (χ1v) is 4.18. The van der Waals surface area contributed by atoms with Gasteiger partial charge in [-0.05, 0) is 25.8 Å². The highest BCUT2D eigenvalue weighted by atomic mass is 16.7. The number of allylic oxidation sites excluding steroid dienone is 1. The van der Waals surface area contributed by atoms with Gasteiger partial charge in [0.05, 0.1) is 13.2 Å². The highest BCUT2D eigenvalue weighted by molar-refractivity contribution is 4.86. The molecule has 11 heavy (non-hydrogen) atoms. The Bertz CT molecular complexity index is 109. The minimum absolute atomic E-state index is 0.475. The van der Waals surface area contributed by atoms with E-state index < -0.39 is 0 Å². The van der Waals surface area contributed by atoms with E-state index in [2.05, 4.69) is 13.8 Å². The van der Waals surface area contributed by atoms with Gasteiger partial charge in [-0.15, -0.1) is 0 Å². The molecule has 0 spiro atoms. The highest BCUT2D eigenvalue weighted by Crippen LogP contribution is 2.05. The molecule has 0 amide bonds. The second kappa shape index (κ2) is 6.08. The molecule has 0 N–H and O–H groups in total. The lowest BCUT2D eigenvalue weighted by molar-refractivity contribution is 0.0445. The third-order valence-electron chi connectivity index (χ3n) is 1.04. The van der Waals surface area contributed by atoms with Crippen LogP contribution in [0.1, 0.15) is 27.7 Å². The number of hydrogen-bond acceptors (Lipinski definition) is 2. The van der Waals surface area contributed by atoms with E-state index in [0.717, 1.165) is 0 Å². The summed E-state index contributed by atoms with van der Waals surface area (Å²) in [6, 6.07) is 0. The van der Waals surface area contributed by atoms with E-state index in [9.17, 15) is 0 Å². The molecule has 0 heterocycles. The quantitative estimate of drug-likeness (QED) is 0.572. The Morgan fingerprint density at radius 1 is 1.18 bits per heavy atom. The molecule has 0 aromatic rings. The molecule has 0 aromatic carbocycles. The lowest BCUT2D eigenvalue weighted by Crippen LogP contribution is -1.99. The van der Waals surface area contributed by atoms with Crippen molar-refractivity contribution in [1.29, 1.82) is 0 Å². The van der Waals surface area contributed by atoms with Gasteiger partial charge in [0.25, 0.3) is 5.95 Å². The molecule has 0 aromatic heterocycles. The van der Waals surface area contributed by atoms with E-state index in [-0.39, 0.29) is 0 Å². The fourth-order valence-electron chi connectivity index (χ4n) is 0.695. The standard InChI is InChI=1S/C9H18O2/c1-5-10-9(11-6-2)7-8(3)4/h7-8H,5-6H2,1-4H3. The van der Waals surface area contributed by atoms with Gasteiger partial charge < -0.3 is 9.47 Å². The lowest BCUT2D eigenvalue weighted by Gasteiger charge is -2.09. The fraction of sp³-hybridized carbons (Fsp3) is 0.778. The molecular weight excluding hydrogens is 140 g/mol. The van der Waals surface area contributed by atoms with E-state index in [1.807, 2.05) is 19.9 Å². The van der Waals surface area contributed by atoms with E-state index in [1.165, 1.54) is 0 Å². The summed E-state index contributed by atoms with van der Waals surface area (Å²) in [6.45, 7) is 9.42. The van der Waals surface area contributed by atoms with Crippen LogP contribution in [0.15, 0.2) is 12.0 Å². The highest BCUT2D eigenvalue weighted by Gasteiger charge is 1.97. The van der Waals surface area contributed by atoms with E-state index in [1.54, 1.807) is 0 Å². The van der Waals surface area contributed by atoms with Crippen LogP contribution in [0.5, 0.6) is 0 Å². The maximum Gasteiger partial charge on any atom is 0.275 e. The summed E-state index contributed by atoms with van der Waals surface area (Å²) in [5, 5.41) is 0. The smallest absolute Gasteiger partial charge is 0.275 e.